The Kier molecular flexibility index (Phi) is 3.40. The van der Waals surface area contributed by atoms with E-state index in [1.807, 2.05) is 0 Å². The fourth-order valence-electron chi connectivity index (χ4n) is 2.94. The predicted molar refractivity (Wildman–Crippen MR) is 70.9 cm³/mol. The van der Waals surface area contributed by atoms with E-state index in [0.29, 0.717) is 6.42 Å². The number of nitrogens with one attached hydrogen (secondary N) is 2. The van der Waals surface area contributed by atoms with E-state index in [9.17, 15) is 14.0 Å². The third-order valence-electron chi connectivity index (χ3n) is 4.06. The van der Waals surface area contributed by atoms with Crippen molar-refractivity contribution in [3.05, 3.63) is 30.1 Å². The van der Waals surface area contributed by atoms with Crippen molar-refractivity contribution in [1.82, 2.24) is 5.32 Å². The summed E-state index contributed by atoms with van der Waals surface area (Å²) < 4.78 is 12.9. The minimum Gasteiger partial charge on any atom is -0.360 e. The third-order valence-corrected chi connectivity index (χ3v) is 4.06. The molecule has 2 aliphatic rings. The van der Waals surface area contributed by atoms with Crippen LogP contribution >= 0.6 is 0 Å². The summed E-state index contributed by atoms with van der Waals surface area (Å²) in [6.07, 6.45) is 0.296. The average Bonchev–Trinajstić information content (AvgIpc) is 2.79. The Morgan fingerprint density at radius 3 is 2.35 bits per heavy atom. The minimum atomic E-state index is -0.238. The molecule has 2 fully saturated rings. The molecule has 2 heterocycles. The normalized spacial score (nSPS) is 24.1. The quantitative estimate of drug-likeness (QED) is 0.679. The SMILES string of the molecule is O=C1C[C@@H]([NH+]2CCN(c3ccc(F)cc3)CC2)C(=O)N1. The smallest absolute Gasteiger partial charge is 0.285 e. The maximum absolute atomic E-state index is 12.9. The second-order valence-corrected chi connectivity index (χ2v) is 5.29. The summed E-state index contributed by atoms with van der Waals surface area (Å²) in [5, 5.41) is 2.36. The summed E-state index contributed by atoms with van der Waals surface area (Å²) in [6.45, 7) is 3.23. The van der Waals surface area contributed by atoms with Crippen LogP contribution in [0.5, 0.6) is 0 Å². The predicted octanol–water partition coefficient (Wildman–Crippen LogP) is -1.05. The van der Waals surface area contributed by atoms with Crippen molar-refractivity contribution in [2.45, 2.75) is 12.5 Å². The number of halogens is 1. The summed E-state index contributed by atoms with van der Waals surface area (Å²) in [5.41, 5.74) is 0.998. The van der Waals surface area contributed by atoms with Crippen LogP contribution in [0.4, 0.5) is 10.1 Å². The average molecular weight is 278 g/mol. The van der Waals surface area contributed by atoms with E-state index in [2.05, 4.69) is 10.2 Å². The van der Waals surface area contributed by atoms with Crippen molar-refractivity contribution in [3.8, 4) is 0 Å². The number of rotatable bonds is 2. The zero-order chi connectivity index (χ0) is 14.1. The van der Waals surface area contributed by atoms with Crippen molar-refractivity contribution < 1.29 is 18.9 Å². The highest BCUT2D eigenvalue weighted by Crippen LogP contribution is 2.14. The van der Waals surface area contributed by atoms with Gasteiger partial charge in [-0.1, -0.05) is 0 Å². The molecule has 0 bridgehead atoms. The van der Waals surface area contributed by atoms with Crippen LogP contribution in [0.1, 0.15) is 6.42 Å². The van der Waals surface area contributed by atoms with Crippen LogP contribution in [-0.2, 0) is 9.59 Å². The second kappa shape index (κ2) is 5.20. The molecule has 0 spiro atoms. The van der Waals surface area contributed by atoms with Crippen molar-refractivity contribution >= 4 is 17.5 Å². The van der Waals surface area contributed by atoms with Crippen molar-refractivity contribution in [2.75, 3.05) is 31.1 Å². The number of carbonyl (C=O) groups is 2. The van der Waals surface area contributed by atoms with Gasteiger partial charge in [-0.25, -0.2) is 4.39 Å². The zero-order valence-electron chi connectivity index (χ0n) is 11.1. The number of imide groups is 1. The number of carbonyl (C=O) groups excluding carboxylic acids is 2. The topological polar surface area (TPSA) is 53.9 Å². The molecule has 3 rings (SSSR count). The van der Waals surface area contributed by atoms with E-state index in [1.165, 1.54) is 12.1 Å². The Hall–Kier alpha value is -1.95. The van der Waals surface area contributed by atoms with Gasteiger partial charge in [0.05, 0.1) is 32.6 Å². The first-order valence-electron chi connectivity index (χ1n) is 6.82. The number of hydrogen-bond donors (Lipinski definition) is 2. The van der Waals surface area contributed by atoms with E-state index < -0.39 is 0 Å². The number of hydrogen-bond acceptors (Lipinski definition) is 3. The number of amides is 2. The maximum atomic E-state index is 12.9. The maximum Gasteiger partial charge on any atom is 0.285 e. The first-order valence-corrected chi connectivity index (χ1v) is 6.82. The van der Waals surface area contributed by atoms with Gasteiger partial charge in [0.1, 0.15) is 5.82 Å². The Morgan fingerprint density at radius 1 is 1.15 bits per heavy atom. The first-order chi connectivity index (χ1) is 9.63. The van der Waals surface area contributed by atoms with E-state index in [-0.39, 0.29) is 23.7 Å². The molecular formula is C14H17FN3O2+. The van der Waals surface area contributed by atoms with E-state index in [4.69, 9.17) is 0 Å². The fraction of sp³-hybridized carbons (Fsp3) is 0.429. The van der Waals surface area contributed by atoms with Crippen molar-refractivity contribution in [3.63, 3.8) is 0 Å². The van der Waals surface area contributed by atoms with Crippen LogP contribution in [0.3, 0.4) is 0 Å². The number of benzene rings is 1. The van der Waals surface area contributed by atoms with Gasteiger partial charge in [0.25, 0.3) is 5.91 Å². The van der Waals surface area contributed by atoms with E-state index in [0.717, 1.165) is 36.8 Å². The lowest BCUT2D eigenvalue weighted by atomic mass is 10.1. The van der Waals surface area contributed by atoms with Crippen LogP contribution in [0.2, 0.25) is 0 Å². The molecule has 20 heavy (non-hydrogen) atoms. The molecular weight excluding hydrogens is 261 g/mol. The Balaban J connectivity index is 1.61. The molecule has 5 nitrogen and oxygen atoms in total. The molecule has 1 aromatic carbocycles. The van der Waals surface area contributed by atoms with Gasteiger partial charge >= 0.3 is 0 Å². The highest BCUT2D eigenvalue weighted by Gasteiger charge is 2.40. The lowest BCUT2D eigenvalue weighted by molar-refractivity contribution is -0.915. The summed E-state index contributed by atoms with van der Waals surface area (Å²) in [4.78, 5) is 26.2. The Bertz CT molecular complexity index is 524. The second-order valence-electron chi connectivity index (χ2n) is 5.29. The van der Waals surface area contributed by atoms with Gasteiger partial charge in [-0.2, -0.15) is 0 Å². The minimum absolute atomic E-state index is 0.153. The number of nitrogens with zero attached hydrogens (tertiary/aromatic N) is 1. The molecule has 2 saturated heterocycles. The Labute approximate surface area is 116 Å². The summed E-state index contributed by atoms with van der Waals surface area (Å²) >= 11 is 0. The standard InChI is InChI=1S/C14H16FN3O2/c15-10-1-3-11(4-2-10)17-5-7-18(8-6-17)12-9-13(19)16-14(12)20/h1-4,12H,5-9H2,(H,16,19,20)/p+1/t12-/m1/s1. The molecule has 2 N–H and O–H groups in total. The number of anilines is 1. The number of quaternary nitrogens is 1. The molecule has 6 heteroatoms. The van der Waals surface area contributed by atoms with E-state index >= 15 is 0 Å². The molecule has 1 aromatic rings. The van der Waals surface area contributed by atoms with Crippen molar-refractivity contribution in [2.24, 2.45) is 0 Å². The highest BCUT2D eigenvalue weighted by atomic mass is 19.1. The van der Waals surface area contributed by atoms with Crippen LogP contribution in [-0.4, -0.2) is 44.0 Å². The molecule has 0 unspecified atom stereocenters. The summed E-state index contributed by atoms with van der Waals surface area (Å²) in [6, 6.07) is 6.21. The molecule has 0 saturated carbocycles. The van der Waals surface area contributed by atoms with Gasteiger partial charge in [0.2, 0.25) is 5.91 Å². The van der Waals surface area contributed by atoms with Crippen LogP contribution in [0.25, 0.3) is 0 Å². The Morgan fingerprint density at radius 2 is 1.80 bits per heavy atom. The molecule has 2 amide bonds. The van der Waals surface area contributed by atoms with Crippen molar-refractivity contribution in [1.29, 1.82) is 0 Å². The fourth-order valence-corrected chi connectivity index (χ4v) is 2.94. The molecule has 106 valence electrons. The lowest BCUT2D eigenvalue weighted by Gasteiger charge is -2.35. The molecule has 0 aromatic heterocycles. The molecule has 1 atom stereocenters. The van der Waals surface area contributed by atoms with Crippen LogP contribution in [0.15, 0.2) is 24.3 Å². The molecule has 0 radical (unpaired) electrons. The largest absolute Gasteiger partial charge is 0.360 e. The van der Waals surface area contributed by atoms with Crippen LogP contribution < -0.4 is 15.1 Å². The summed E-state index contributed by atoms with van der Waals surface area (Å²) in [5.74, 6) is -0.562. The van der Waals surface area contributed by atoms with E-state index in [1.54, 1.807) is 12.1 Å². The highest BCUT2D eigenvalue weighted by molar-refractivity contribution is 6.04. The van der Waals surface area contributed by atoms with Gasteiger partial charge in [-0.15, -0.1) is 0 Å². The first kappa shape index (κ1) is 13.1. The molecule has 0 aliphatic carbocycles. The van der Waals surface area contributed by atoms with Crippen LogP contribution in [0, 0.1) is 5.82 Å². The zero-order valence-corrected chi connectivity index (χ0v) is 11.1. The van der Waals surface area contributed by atoms with Gasteiger partial charge in [0, 0.05) is 5.69 Å². The van der Waals surface area contributed by atoms with Gasteiger partial charge in [-0.05, 0) is 24.3 Å². The summed E-state index contributed by atoms with van der Waals surface area (Å²) in [7, 11) is 0. The van der Waals surface area contributed by atoms with Gasteiger partial charge in [-0.3, -0.25) is 14.9 Å². The lowest BCUT2D eigenvalue weighted by Crippen LogP contribution is -3.19. The van der Waals surface area contributed by atoms with Gasteiger partial charge in [0.15, 0.2) is 6.04 Å². The van der Waals surface area contributed by atoms with Gasteiger partial charge < -0.3 is 9.80 Å². The molecule has 2 aliphatic heterocycles. The monoisotopic (exact) mass is 278 g/mol. The number of piperazine rings is 1. The third kappa shape index (κ3) is 2.51.